The summed E-state index contributed by atoms with van der Waals surface area (Å²) < 4.78 is 24.7. The van der Waals surface area contributed by atoms with Gasteiger partial charge in [0.25, 0.3) is 0 Å². The lowest BCUT2D eigenvalue weighted by molar-refractivity contribution is 0.565. The van der Waals surface area contributed by atoms with Crippen molar-refractivity contribution in [2.75, 3.05) is 5.21 Å². The van der Waals surface area contributed by atoms with Crippen molar-refractivity contribution in [2.45, 2.75) is 19.4 Å². The van der Waals surface area contributed by atoms with Gasteiger partial charge in [0, 0.05) is 10.9 Å². The first kappa shape index (κ1) is 12.0. The summed E-state index contributed by atoms with van der Waals surface area (Å²) in [5.41, 5.74) is 0. The van der Waals surface area contributed by atoms with Crippen molar-refractivity contribution in [2.24, 2.45) is 0 Å². The summed E-state index contributed by atoms with van der Waals surface area (Å²) in [6, 6.07) is 3.82. The van der Waals surface area contributed by atoms with Gasteiger partial charge >= 0.3 is 0 Å². The maximum absolute atomic E-state index is 11.1. The van der Waals surface area contributed by atoms with E-state index in [9.17, 15) is 8.42 Å². The predicted molar refractivity (Wildman–Crippen MR) is 60.3 cm³/mol. The molecule has 0 aromatic carbocycles. The van der Waals surface area contributed by atoms with Crippen molar-refractivity contribution >= 4 is 33.0 Å². The van der Waals surface area contributed by atoms with Crippen LogP contribution in [0.2, 0.25) is 0 Å². The first-order valence-electron chi connectivity index (χ1n) is 4.12. The summed E-state index contributed by atoms with van der Waals surface area (Å²) in [7, 11) is -3.30. The molecule has 1 aromatic heterocycles. The molecule has 0 saturated heterocycles. The van der Waals surface area contributed by atoms with E-state index >= 15 is 0 Å². The fraction of sp³-hybridized carbons (Fsp3) is 0.500. The molecule has 1 unspecified atom stereocenters. The average molecular weight is 254 g/mol. The van der Waals surface area contributed by atoms with Crippen molar-refractivity contribution in [3.63, 3.8) is 0 Å². The molecule has 1 N–H and O–H groups in total. The number of sulfonamides is 1. The third-order valence-electron chi connectivity index (χ3n) is 1.61. The van der Waals surface area contributed by atoms with Crippen LogP contribution in [0.4, 0.5) is 0 Å². The number of hydrogen-bond donors (Lipinski definition) is 1. The van der Waals surface area contributed by atoms with Gasteiger partial charge in [-0.25, -0.2) is 13.1 Å². The Hall–Kier alpha value is -0.100. The molecule has 0 aliphatic rings. The molecule has 0 aliphatic carbocycles. The lowest BCUT2D eigenvalue weighted by Gasteiger charge is -2.11. The van der Waals surface area contributed by atoms with Crippen molar-refractivity contribution in [3.8, 4) is 0 Å². The minimum atomic E-state index is -3.30. The van der Waals surface area contributed by atoms with Crippen molar-refractivity contribution in [3.05, 3.63) is 22.4 Å². The number of halogens is 1. The third kappa shape index (κ3) is 3.96. The molecule has 0 amide bonds. The van der Waals surface area contributed by atoms with Crippen LogP contribution in [0, 0.1) is 0 Å². The molecule has 6 heteroatoms. The molecular weight excluding hydrogens is 242 g/mol. The molecule has 1 rings (SSSR count). The summed E-state index contributed by atoms with van der Waals surface area (Å²) in [6.07, 6.45) is 0.702. The van der Waals surface area contributed by atoms with Gasteiger partial charge in [-0.15, -0.1) is 22.9 Å². The van der Waals surface area contributed by atoms with Crippen LogP contribution in [0.5, 0.6) is 0 Å². The van der Waals surface area contributed by atoms with Crippen LogP contribution in [-0.4, -0.2) is 19.7 Å². The summed E-state index contributed by atoms with van der Waals surface area (Å²) in [5, 5.41) is 1.58. The van der Waals surface area contributed by atoms with Crippen LogP contribution < -0.4 is 4.72 Å². The minimum Gasteiger partial charge on any atom is -0.211 e. The number of thiophene rings is 1. The summed E-state index contributed by atoms with van der Waals surface area (Å²) >= 11 is 6.89. The highest BCUT2D eigenvalue weighted by atomic mass is 35.5. The van der Waals surface area contributed by atoms with Gasteiger partial charge in [0.1, 0.15) is 5.21 Å². The van der Waals surface area contributed by atoms with E-state index in [0.29, 0.717) is 6.42 Å². The van der Waals surface area contributed by atoms with Crippen LogP contribution in [0.15, 0.2) is 17.5 Å². The molecule has 0 spiro atoms. The van der Waals surface area contributed by atoms with Crippen LogP contribution in [-0.2, 0) is 16.4 Å². The van der Waals surface area contributed by atoms with E-state index in [-0.39, 0.29) is 11.3 Å². The highest BCUT2D eigenvalue weighted by Crippen LogP contribution is 2.11. The number of nitrogens with one attached hydrogen (secondary N) is 1. The van der Waals surface area contributed by atoms with Gasteiger partial charge in [0.05, 0.1) is 0 Å². The largest absolute Gasteiger partial charge is 0.225 e. The lowest BCUT2D eigenvalue weighted by Crippen LogP contribution is -2.34. The number of alkyl halides is 1. The second-order valence-electron chi connectivity index (χ2n) is 3.03. The van der Waals surface area contributed by atoms with Gasteiger partial charge in [-0.05, 0) is 24.8 Å². The van der Waals surface area contributed by atoms with E-state index in [4.69, 9.17) is 11.6 Å². The molecule has 0 aliphatic heterocycles. The zero-order valence-corrected chi connectivity index (χ0v) is 10.1. The normalized spacial score (nSPS) is 14.1. The summed E-state index contributed by atoms with van der Waals surface area (Å²) in [5.74, 6) is 0. The first-order chi connectivity index (χ1) is 6.53. The van der Waals surface area contributed by atoms with E-state index in [1.165, 1.54) is 0 Å². The van der Waals surface area contributed by atoms with E-state index in [2.05, 4.69) is 4.72 Å². The fourth-order valence-electron chi connectivity index (χ4n) is 1.11. The van der Waals surface area contributed by atoms with Crippen LogP contribution in [0.1, 0.15) is 11.8 Å². The Morgan fingerprint density at radius 2 is 2.36 bits per heavy atom. The predicted octanol–water partition coefficient (Wildman–Crippen LogP) is 1.79. The fourth-order valence-corrected chi connectivity index (χ4v) is 2.89. The van der Waals surface area contributed by atoms with Crippen molar-refractivity contribution < 1.29 is 8.42 Å². The van der Waals surface area contributed by atoms with Gasteiger partial charge in [-0.1, -0.05) is 6.07 Å². The zero-order chi connectivity index (χ0) is 10.6. The van der Waals surface area contributed by atoms with Gasteiger partial charge in [-0.2, -0.15) is 0 Å². The molecule has 80 valence electrons. The Balaban J connectivity index is 2.48. The van der Waals surface area contributed by atoms with Crippen LogP contribution in [0.25, 0.3) is 0 Å². The highest BCUT2D eigenvalue weighted by molar-refractivity contribution is 7.90. The standard InChI is InChI=1S/C8H12ClNO2S2/c1-7(10-14(11,12)6-9)5-8-3-2-4-13-8/h2-4,7,10H,5-6H2,1H3. The second kappa shape index (κ2) is 5.11. The third-order valence-corrected chi connectivity index (χ3v) is 4.42. The quantitative estimate of drug-likeness (QED) is 0.814. The Bertz CT molecular complexity index is 361. The topological polar surface area (TPSA) is 46.2 Å². The van der Waals surface area contributed by atoms with Crippen molar-refractivity contribution in [1.82, 2.24) is 4.72 Å². The Labute approximate surface area is 93.1 Å². The Morgan fingerprint density at radius 3 is 2.86 bits per heavy atom. The van der Waals surface area contributed by atoms with Gasteiger partial charge in [0.15, 0.2) is 0 Å². The minimum absolute atomic E-state index is 0.114. The zero-order valence-electron chi connectivity index (χ0n) is 7.73. The van der Waals surface area contributed by atoms with Crippen molar-refractivity contribution in [1.29, 1.82) is 0 Å². The molecule has 14 heavy (non-hydrogen) atoms. The second-order valence-corrected chi connectivity index (χ2v) is 6.40. The molecule has 0 radical (unpaired) electrons. The monoisotopic (exact) mass is 253 g/mol. The molecule has 1 atom stereocenters. The van der Waals surface area contributed by atoms with Gasteiger partial charge in [0.2, 0.25) is 10.0 Å². The van der Waals surface area contributed by atoms with Crippen LogP contribution >= 0.6 is 22.9 Å². The highest BCUT2D eigenvalue weighted by Gasteiger charge is 2.13. The van der Waals surface area contributed by atoms with E-state index in [1.54, 1.807) is 11.3 Å². The molecule has 1 aromatic rings. The smallest absolute Gasteiger partial charge is 0.211 e. The van der Waals surface area contributed by atoms with E-state index < -0.39 is 10.0 Å². The average Bonchev–Trinajstić information content (AvgIpc) is 2.55. The van der Waals surface area contributed by atoms with Gasteiger partial charge in [-0.3, -0.25) is 0 Å². The van der Waals surface area contributed by atoms with Crippen LogP contribution in [0.3, 0.4) is 0 Å². The molecule has 0 bridgehead atoms. The molecule has 1 heterocycles. The number of hydrogen-bond acceptors (Lipinski definition) is 3. The first-order valence-corrected chi connectivity index (χ1v) is 7.18. The molecule has 0 saturated carbocycles. The molecular formula is C8H12ClNO2S2. The van der Waals surface area contributed by atoms with E-state index in [0.717, 1.165) is 4.88 Å². The number of rotatable bonds is 5. The Kier molecular flexibility index (Phi) is 4.37. The lowest BCUT2D eigenvalue weighted by atomic mass is 10.2. The molecule has 0 fully saturated rings. The van der Waals surface area contributed by atoms with E-state index in [1.807, 2.05) is 24.4 Å². The Morgan fingerprint density at radius 1 is 1.64 bits per heavy atom. The van der Waals surface area contributed by atoms with Gasteiger partial charge < -0.3 is 0 Å². The maximum atomic E-state index is 11.1. The summed E-state index contributed by atoms with van der Waals surface area (Å²) in [4.78, 5) is 1.16. The summed E-state index contributed by atoms with van der Waals surface area (Å²) in [6.45, 7) is 1.82. The SMILES string of the molecule is CC(Cc1cccs1)NS(=O)(=O)CCl. The molecule has 3 nitrogen and oxygen atoms in total. The maximum Gasteiger partial charge on any atom is 0.225 e.